The van der Waals surface area contributed by atoms with E-state index in [0.717, 1.165) is 24.5 Å². The minimum atomic E-state index is -4.54. The van der Waals surface area contributed by atoms with E-state index >= 15 is 0 Å². The number of nitrogens with zero attached hydrogens (tertiary/aromatic N) is 2. The summed E-state index contributed by atoms with van der Waals surface area (Å²) in [4.78, 5) is 63.8. The van der Waals surface area contributed by atoms with Crippen LogP contribution in [-0.2, 0) is 42.3 Å². The largest absolute Gasteiger partial charge is 0.472 e. The molecule has 0 aromatic rings. The van der Waals surface area contributed by atoms with E-state index in [2.05, 4.69) is 19.2 Å². The molecule has 0 aromatic heterocycles. The number of carbonyl (C=O) groups is 4. The Bertz CT molecular complexity index is 1190. The molecule has 5 atom stereocenters. The van der Waals surface area contributed by atoms with Crippen LogP contribution in [0.25, 0.3) is 0 Å². The number of quaternary nitrogens is 1. The third kappa shape index (κ3) is 19.2. The van der Waals surface area contributed by atoms with Crippen LogP contribution in [0.2, 0.25) is 0 Å². The molecule has 308 valence electrons. The van der Waals surface area contributed by atoms with Crippen LogP contribution < -0.4 is 5.32 Å². The fraction of sp³-hybridized carbons (Fsp3) is 0.892. The Morgan fingerprint density at radius 1 is 0.906 bits per heavy atom. The Hall–Kier alpha value is -0.870. The van der Waals surface area contributed by atoms with Gasteiger partial charge in [-0.1, -0.05) is 49.3 Å². The third-order valence-electron chi connectivity index (χ3n) is 9.38. The van der Waals surface area contributed by atoms with Crippen LogP contribution >= 0.6 is 29.4 Å². The predicted octanol–water partition coefficient (Wildman–Crippen LogP) is 5.96. The van der Waals surface area contributed by atoms with Gasteiger partial charge in [-0.2, -0.15) is 0 Å². The summed E-state index contributed by atoms with van der Waals surface area (Å²) in [6, 6.07) is 0.0452. The Kier molecular flexibility index (Phi) is 22.5. The highest BCUT2D eigenvalue weighted by molar-refractivity contribution is 8.76. The third-order valence-corrected chi connectivity index (χ3v) is 12.9. The van der Waals surface area contributed by atoms with Gasteiger partial charge >= 0.3 is 13.7 Å². The van der Waals surface area contributed by atoms with Crippen molar-refractivity contribution >= 4 is 52.8 Å². The van der Waals surface area contributed by atoms with E-state index in [1.165, 1.54) is 0 Å². The molecule has 0 aliphatic carbocycles. The zero-order valence-corrected chi connectivity index (χ0v) is 36.1. The second kappa shape index (κ2) is 24.7. The van der Waals surface area contributed by atoms with Gasteiger partial charge in [-0.3, -0.25) is 27.9 Å². The summed E-state index contributed by atoms with van der Waals surface area (Å²) in [5.41, 5.74) is 0. The number of nitrogens with one attached hydrogen (secondary N) is 1. The summed E-state index contributed by atoms with van der Waals surface area (Å²) >= 11 is 0. The van der Waals surface area contributed by atoms with Crippen LogP contribution in [0.1, 0.15) is 113 Å². The van der Waals surface area contributed by atoms with Crippen LogP contribution in [0.3, 0.4) is 0 Å². The monoisotopic (exact) mass is 810 g/mol. The number of phosphoric ester groups is 1. The molecule has 2 unspecified atom stereocenters. The fourth-order valence-corrected chi connectivity index (χ4v) is 9.54. The second-order valence-electron chi connectivity index (χ2n) is 15.5. The van der Waals surface area contributed by atoms with Crippen LogP contribution in [0.4, 0.5) is 0 Å². The Balaban J connectivity index is 1.93. The SMILES string of the molecule is CC(C)NCCCC(=O)CCC(=O)[N+]1(CCOP(=O)(O)O[C@@H]2C[C@@H](COC(C)C)N(C(=O)CCCSSCCC(=O)C(C)C)C2)CC[C@@H](OC(C)C)C1. The van der Waals surface area contributed by atoms with Gasteiger partial charge < -0.3 is 24.6 Å². The standard InChI is InChI=1S/C37H68N3O10PS2/c1-27(2)35(42)16-22-53-52-21-10-12-36(43)39-24-34(23-31(39)26-47-29(5)6)50-51(45,46)48-20-19-40(18-15-33(25-40)49-30(7)8)37(44)14-13-32(41)11-9-17-38-28(3)4/h27-31,33-34,38H,9-26H2,1-8H3/p+1/t31-,33+,34+,40?/m0/s1. The summed E-state index contributed by atoms with van der Waals surface area (Å²) in [5.74, 6) is 1.71. The summed E-state index contributed by atoms with van der Waals surface area (Å²) in [6.07, 6.45) is 3.00. The first kappa shape index (κ1) is 48.3. The lowest BCUT2D eigenvalue weighted by molar-refractivity contribution is -0.844. The first-order valence-electron chi connectivity index (χ1n) is 19.6. The van der Waals surface area contributed by atoms with Crippen molar-refractivity contribution in [3.05, 3.63) is 0 Å². The molecule has 2 N–H and O–H groups in total. The van der Waals surface area contributed by atoms with Crippen molar-refractivity contribution in [2.45, 2.75) is 150 Å². The van der Waals surface area contributed by atoms with Gasteiger partial charge in [0, 0.05) is 62.1 Å². The Morgan fingerprint density at radius 2 is 1.62 bits per heavy atom. The van der Waals surface area contributed by atoms with Crippen LogP contribution in [-0.4, -0.2) is 132 Å². The first-order valence-corrected chi connectivity index (χ1v) is 23.5. The second-order valence-corrected chi connectivity index (χ2v) is 19.6. The van der Waals surface area contributed by atoms with Crippen LogP contribution in [0.5, 0.6) is 0 Å². The number of carbonyl (C=O) groups excluding carboxylic acids is 4. The average Bonchev–Trinajstić information content (AvgIpc) is 3.67. The number of phosphoric acid groups is 1. The number of rotatable bonds is 28. The van der Waals surface area contributed by atoms with Crippen molar-refractivity contribution in [3.63, 3.8) is 0 Å². The molecule has 2 heterocycles. The number of amides is 2. The van der Waals surface area contributed by atoms with Crippen LogP contribution in [0.15, 0.2) is 0 Å². The lowest BCUT2D eigenvalue weighted by Crippen LogP contribution is -2.53. The number of ether oxygens (including phenoxy) is 2. The van der Waals surface area contributed by atoms with E-state index < -0.39 is 13.9 Å². The number of likely N-dealkylation sites (tertiary alicyclic amines) is 2. The molecular weight excluding hydrogens is 742 g/mol. The van der Waals surface area contributed by atoms with E-state index in [1.807, 2.05) is 41.5 Å². The van der Waals surface area contributed by atoms with Crippen molar-refractivity contribution in [1.82, 2.24) is 10.2 Å². The first-order chi connectivity index (χ1) is 24.9. The van der Waals surface area contributed by atoms with Crippen molar-refractivity contribution in [3.8, 4) is 0 Å². The molecule has 16 heteroatoms. The Labute approximate surface area is 326 Å². The fourth-order valence-electron chi connectivity index (χ4n) is 6.54. The molecule has 0 aromatic carbocycles. The van der Waals surface area contributed by atoms with Gasteiger partial charge in [0.15, 0.2) is 0 Å². The normalized spacial score (nSPS) is 23.1. The van der Waals surface area contributed by atoms with Gasteiger partial charge in [-0.15, -0.1) is 0 Å². The Morgan fingerprint density at radius 3 is 2.28 bits per heavy atom. The van der Waals surface area contributed by atoms with Crippen molar-refractivity contribution < 1.29 is 51.6 Å². The molecule has 0 spiro atoms. The van der Waals surface area contributed by atoms with Crippen LogP contribution in [0, 0.1) is 5.92 Å². The molecule has 0 bridgehead atoms. The highest BCUT2D eigenvalue weighted by atomic mass is 33.1. The van der Waals surface area contributed by atoms with Crippen molar-refractivity contribution in [2.24, 2.45) is 5.92 Å². The topological polar surface area (TPSA) is 158 Å². The van der Waals surface area contributed by atoms with Crippen molar-refractivity contribution in [2.75, 3.05) is 57.4 Å². The molecule has 0 radical (unpaired) electrons. The van der Waals surface area contributed by atoms with Gasteiger partial charge in [0.2, 0.25) is 5.91 Å². The molecule has 53 heavy (non-hydrogen) atoms. The molecular formula is C37H69N3O10PS2+. The van der Waals surface area contributed by atoms with E-state index in [4.69, 9.17) is 18.5 Å². The molecule has 2 aliphatic rings. The molecule has 2 rings (SSSR count). The zero-order chi connectivity index (χ0) is 39.6. The summed E-state index contributed by atoms with van der Waals surface area (Å²) in [6.45, 7) is 17.7. The van der Waals surface area contributed by atoms with Gasteiger partial charge in [0.25, 0.3) is 0 Å². The summed E-state index contributed by atoms with van der Waals surface area (Å²) < 4.78 is 36.2. The summed E-state index contributed by atoms with van der Waals surface area (Å²) in [7, 11) is -1.25. The molecule has 0 saturated carbocycles. The van der Waals surface area contributed by atoms with Gasteiger partial charge in [0.1, 0.15) is 37.4 Å². The smallest absolute Gasteiger partial charge is 0.377 e. The number of hydrogen-bond donors (Lipinski definition) is 2. The summed E-state index contributed by atoms with van der Waals surface area (Å²) in [5, 5.41) is 3.30. The molecule has 2 aliphatic heterocycles. The molecule has 2 fully saturated rings. The lowest BCUT2D eigenvalue weighted by Gasteiger charge is -2.32. The molecule has 2 saturated heterocycles. The quantitative estimate of drug-likeness (QED) is 0.0414. The molecule has 13 nitrogen and oxygen atoms in total. The number of ketones is 2. The number of hydrogen-bond acceptors (Lipinski definition) is 12. The maximum atomic E-state index is 13.7. The van der Waals surface area contributed by atoms with E-state index in [0.29, 0.717) is 57.7 Å². The van der Waals surface area contributed by atoms with E-state index in [1.54, 1.807) is 26.5 Å². The predicted molar refractivity (Wildman–Crippen MR) is 212 cm³/mol. The maximum absolute atomic E-state index is 13.7. The molecule has 2 amide bonds. The van der Waals surface area contributed by atoms with Gasteiger partial charge in [-0.25, -0.2) is 9.36 Å². The van der Waals surface area contributed by atoms with Gasteiger partial charge in [0.05, 0.1) is 43.9 Å². The van der Waals surface area contributed by atoms with Gasteiger partial charge in [-0.05, 0) is 53.5 Å². The maximum Gasteiger partial charge on any atom is 0.472 e. The van der Waals surface area contributed by atoms with Crippen molar-refractivity contribution in [1.29, 1.82) is 0 Å². The average molecular weight is 811 g/mol. The van der Waals surface area contributed by atoms with E-state index in [9.17, 15) is 28.6 Å². The zero-order valence-electron chi connectivity index (χ0n) is 33.5. The number of Topliss-reactive ketones (excluding diaryl/α,β-unsaturated/α-hetero) is 2. The highest BCUT2D eigenvalue weighted by Crippen LogP contribution is 2.46. The lowest BCUT2D eigenvalue weighted by atomic mass is 10.1. The van der Waals surface area contributed by atoms with E-state index in [-0.39, 0.29) is 97.3 Å². The minimum Gasteiger partial charge on any atom is -0.377 e. The minimum absolute atomic E-state index is 0.0126. The highest BCUT2D eigenvalue weighted by Gasteiger charge is 2.46.